The van der Waals surface area contributed by atoms with Crippen LogP contribution in [0.5, 0.6) is 11.5 Å². The molecular formula is C22H20N4O3S. The number of H-pyrrole nitrogens is 1. The molecule has 0 aliphatic rings. The molecule has 0 spiro atoms. The van der Waals surface area contributed by atoms with Gasteiger partial charge in [0, 0.05) is 23.5 Å². The van der Waals surface area contributed by atoms with Gasteiger partial charge >= 0.3 is 0 Å². The quantitative estimate of drug-likeness (QED) is 0.432. The van der Waals surface area contributed by atoms with Crippen LogP contribution in [0.15, 0.2) is 65.8 Å². The molecule has 1 amide bonds. The minimum atomic E-state index is -0.145. The fourth-order valence-electron chi connectivity index (χ4n) is 3.01. The van der Waals surface area contributed by atoms with E-state index in [1.807, 2.05) is 36.4 Å². The number of methoxy groups -OCH3 is 2. The number of anilines is 1. The molecule has 7 nitrogen and oxygen atoms in total. The summed E-state index contributed by atoms with van der Waals surface area (Å²) in [5.74, 6) is 1.95. The number of nitrogens with zero attached hydrogens (tertiary/aromatic N) is 2. The maximum Gasteiger partial charge on any atom is 0.234 e. The smallest absolute Gasteiger partial charge is 0.234 e. The Morgan fingerprint density at radius 1 is 1.07 bits per heavy atom. The number of para-hydroxylation sites is 2. The summed E-state index contributed by atoms with van der Waals surface area (Å²) < 4.78 is 10.5. The third-order valence-corrected chi connectivity index (χ3v) is 5.43. The Bertz CT molecular complexity index is 1160. The molecule has 0 atom stereocenters. The van der Waals surface area contributed by atoms with Gasteiger partial charge in [-0.15, -0.1) is 0 Å². The van der Waals surface area contributed by atoms with Crippen molar-refractivity contribution in [2.75, 3.05) is 25.3 Å². The number of aromatic amines is 1. The Hall–Kier alpha value is -3.52. The predicted molar refractivity (Wildman–Crippen MR) is 118 cm³/mol. The van der Waals surface area contributed by atoms with Crippen LogP contribution < -0.4 is 14.8 Å². The summed E-state index contributed by atoms with van der Waals surface area (Å²) in [5, 5.41) is 3.61. The zero-order valence-corrected chi connectivity index (χ0v) is 17.3. The lowest BCUT2D eigenvalue weighted by Gasteiger charge is -2.11. The molecule has 0 aliphatic heterocycles. The van der Waals surface area contributed by atoms with Crippen LogP contribution in [0.3, 0.4) is 0 Å². The Kier molecular flexibility index (Phi) is 5.85. The molecule has 0 radical (unpaired) electrons. The van der Waals surface area contributed by atoms with Crippen LogP contribution in [0.4, 0.5) is 5.69 Å². The molecule has 4 rings (SSSR count). The molecule has 30 heavy (non-hydrogen) atoms. The van der Waals surface area contributed by atoms with Crippen LogP contribution in [0.25, 0.3) is 22.4 Å². The first-order valence-corrected chi connectivity index (χ1v) is 10.2. The fourth-order valence-corrected chi connectivity index (χ4v) is 3.81. The van der Waals surface area contributed by atoms with Crippen molar-refractivity contribution in [3.63, 3.8) is 0 Å². The van der Waals surface area contributed by atoms with Gasteiger partial charge < -0.3 is 19.8 Å². The highest BCUT2D eigenvalue weighted by Crippen LogP contribution is 2.31. The highest BCUT2D eigenvalue weighted by atomic mass is 32.2. The second-order valence-corrected chi connectivity index (χ2v) is 7.33. The first-order valence-electron chi connectivity index (χ1n) is 9.22. The van der Waals surface area contributed by atoms with Crippen LogP contribution >= 0.6 is 11.8 Å². The van der Waals surface area contributed by atoms with Crippen LogP contribution in [0.1, 0.15) is 0 Å². The highest BCUT2D eigenvalue weighted by molar-refractivity contribution is 8.00. The van der Waals surface area contributed by atoms with Gasteiger partial charge in [-0.05, 0) is 36.4 Å². The number of carbonyl (C=O) groups excluding carboxylic acids is 1. The van der Waals surface area contributed by atoms with Gasteiger partial charge in [0.15, 0.2) is 11.5 Å². The molecule has 8 heteroatoms. The lowest BCUT2D eigenvalue weighted by Crippen LogP contribution is -2.14. The van der Waals surface area contributed by atoms with Crippen molar-refractivity contribution in [3.8, 4) is 22.9 Å². The first-order chi connectivity index (χ1) is 14.7. The zero-order valence-electron chi connectivity index (χ0n) is 16.5. The maximum atomic E-state index is 12.5. The molecule has 2 heterocycles. The minimum absolute atomic E-state index is 0.145. The Morgan fingerprint density at radius 2 is 1.90 bits per heavy atom. The number of carbonyl (C=O) groups is 1. The van der Waals surface area contributed by atoms with Crippen LogP contribution in [0.2, 0.25) is 0 Å². The van der Waals surface area contributed by atoms with Crippen molar-refractivity contribution in [3.05, 3.63) is 60.8 Å². The number of rotatable bonds is 7. The summed E-state index contributed by atoms with van der Waals surface area (Å²) in [7, 11) is 3.12. The highest BCUT2D eigenvalue weighted by Gasteiger charge is 2.13. The summed E-state index contributed by atoms with van der Waals surface area (Å²) in [5.41, 5.74) is 3.34. The van der Waals surface area contributed by atoms with Crippen molar-refractivity contribution in [2.45, 2.75) is 5.03 Å². The molecule has 0 unspecified atom stereocenters. The number of hydrogen-bond acceptors (Lipinski definition) is 6. The van der Waals surface area contributed by atoms with Gasteiger partial charge in [0.1, 0.15) is 10.9 Å². The van der Waals surface area contributed by atoms with Crippen molar-refractivity contribution in [1.29, 1.82) is 0 Å². The second kappa shape index (κ2) is 8.87. The van der Waals surface area contributed by atoms with Crippen molar-refractivity contribution in [1.82, 2.24) is 15.0 Å². The number of ether oxygens (including phenoxy) is 2. The molecule has 0 fully saturated rings. The number of imidazole rings is 1. The van der Waals surface area contributed by atoms with Gasteiger partial charge in [0.2, 0.25) is 5.91 Å². The van der Waals surface area contributed by atoms with E-state index in [-0.39, 0.29) is 11.7 Å². The van der Waals surface area contributed by atoms with E-state index >= 15 is 0 Å². The van der Waals surface area contributed by atoms with E-state index in [9.17, 15) is 4.79 Å². The van der Waals surface area contributed by atoms with E-state index in [1.165, 1.54) is 11.8 Å². The normalized spacial score (nSPS) is 10.7. The molecule has 152 valence electrons. The molecule has 0 saturated carbocycles. The topological polar surface area (TPSA) is 89.1 Å². The average Bonchev–Trinajstić information content (AvgIpc) is 3.22. The van der Waals surface area contributed by atoms with Gasteiger partial charge in [0.25, 0.3) is 0 Å². The summed E-state index contributed by atoms with van der Waals surface area (Å²) in [6.07, 6.45) is 1.71. The molecule has 2 aromatic heterocycles. The molecule has 4 aromatic rings. The van der Waals surface area contributed by atoms with Crippen LogP contribution in [0, 0.1) is 0 Å². The number of thioether (sulfide) groups is 1. The number of nitrogens with one attached hydrogen (secondary N) is 2. The standard InChI is InChI=1S/C22H20N4O3S/c1-28-18-10-9-14(12-19(18)29-2)24-20(27)13-30-22-15(6-5-11-23-22)21-25-16-7-3-4-8-17(16)26-21/h3-12H,13H2,1-2H3,(H,24,27)(H,25,26). The molecular weight excluding hydrogens is 400 g/mol. The van der Waals surface area contributed by atoms with Crippen LogP contribution in [-0.2, 0) is 4.79 Å². The van der Waals surface area contributed by atoms with Crippen molar-refractivity contribution < 1.29 is 14.3 Å². The zero-order chi connectivity index (χ0) is 20.9. The lowest BCUT2D eigenvalue weighted by molar-refractivity contribution is -0.113. The summed E-state index contributed by atoms with van der Waals surface area (Å²) in [6, 6.07) is 16.9. The number of fused-ring (bicyclic) bond motifs is 1. The maximum absolute atomic E-state index is 12.5. The number of aromatic nitrogens is 3. The van der Waals surface area contributed by atoms with E-state index < -0.39 is 0 Å². The lowest BCUT2D eigenvalue weighted by atomic mass is 10.2. The SMILES string of the molecule is COc1ccc(NC(=O)CSc2ncccc2-c2nc3ccccc3[nH]2)cc1OC. The van der Waals surface area contributed by atoms with Gasteiger partial charge in [-0.3, -0.25) is 4.79 Å². The summed E-state index contributed by atoms with van der Waals surface area (Å²) in [6.45, 7) is 0. The van der Waals surface area contributed by atoms with E-state index in [2.05, 4.69) is 20.3 Å². The molecule has 0 aliphatic carbocycles. The number of amides is 1. The van der Waals surface area contributed by atoms with Gasteiger partial charge in [-0.1, -0.05) is 23.9 Å². The Balaban J connectivity index is 1.47. The third-order valence-electron chi connectivity index (χ3n) is 4.42. The Morgan fingerprint density at radius 3 is 2.70 bits per heavy atom. The summed E-state index contributed by atoms with van der Waals surface area (Å²) in [4.78, 5) is 24.9. The number of pyridine rings is 1. The summed E-state index contributed by atoms with van der Waals surface area (Å²) >= 11 is 1.36. The van der Waals surface area contributed by atoms with Crippen molar-refractivity contribution >= 4 is 34.4 Å². The third kappa shape index (κ3) is 4.23. The number of hydrogen-bond donors (Lipinski definition) is 2. The van der Waals surface area contributed by atoms with Gasteiger partial charge in [-0.2, -0.15) is 0 Å². The molecule has 0 saturated heterocycles. The van der Waals surface area contributed by atoms with Crippen LogP contribution in [-0.4, -0.2) is 40.8 Å². The number of benzene rings is 2. The van der Waals surface area contributed by atoms with E-state index in [1.54, 1.807) is 38.6 Å². The monoisotopic (exact) mass is 420 g/mol. The Labute approximate surface area is 177 Å². The van der Waals surface area contributed by atoms with Gasteiger partial charge in [-0.25, -0.2) is 9.97 Å². The minimum Gasteiger partial charge on any atom is -0.493 e. The fraction of sp³-hybridized carbons (Fsp3) is 0.136. The largest absolute Gasteiger partial charge is 0.493 e. The average molecular weight is 420 g/mol. The predicted octanol–water partition coefficient (Wildman–Crippen LogP) is 4.37. The molecule has 2 aromatic carbocycles. The van der Waals surface area contributed by atoms with E-state index in [0.29, 0.717) is 17.2 Å². The van der Waals surface area contributed by atoms with E-state index in [0.717, 1.165) is 27.4 Å². The van der Waals surface area contributed by atoms with E-state index in [4.69, 9.17) is 9.47 Å². The molecule has 0 bridgehead atoms. The second-order valence-electron chi connectivity index (χ2n) is 6.37. The first kappa shape index (κ1) is 19.8. The van der Waals surface area contributed by atoms with Gasteiger partial charge in [0.05, 0.1) is 31.0 Å². The molecule has 2 N–H and O–H groups in total. The van der Waals surface area contributed by atoms with Crippen molar-refractivity contribution in [2.24, 2.45) is 0 Å².